The molecule has 3 rings (SSSR count). The lowest BCUT2D eigenvalue weighted by atomic mass is 10.1. The van der Waals surface area contributed by atoms with Crippen LogP contribution in [0.5, 0.6) is 0 Å². The molecule has 20 heavy (non-hydrogen) atoms. The number of halogens is 1. The van der Waals surface area contributed by atoms with Crippen molar-refractivity contribution in [2.75, 3.05) is 22.2 Å². The Morgan fingerprint density at radius 2 is 2.05 bits per heavy atom. The normalized spacial score (nSPS) is 27.5. The smallest absolute Gasteiger partial charge is 0.164 e. The molecule has 1 fully saturated rings. The van der Waals surface area contributed by atoms with E-state index in [0.717, 1.165) is 16.6 Å². The fraction of sp³-hybridized carbons (Fsp3) is 0.462. The summed E-state index contributed by atoms with van der Waals surface area (Å²) in [4.78, 5) is 6.66. The van der Waals surface area contributed by atoms with Gasteiger partial charge in [-0.3, -0.25) is 4.99 Å². The highest BCUT2D eigenvalue weighted by Gasteiger charge is 2.46. The van der Waals surface area contributed by atoms with Crippen LogP contribution in [0.3, 0.4) is 0 Å². The zero-order valence-electron chi connectivity index (χ0n) is 11.0. The topological polar surface area (TPSA) is 49.7 Å². The number of hydrogen-bond donors (Lipinski definition) is 0. The maximum atomic E-state index is 11.8. The van der Waals surface area contributed by atoms with Crippen molar-refractivity contribution in [3.05, 3.63) is 29.3 Å². The molecule has 2 heterocycles. The molecule has 0 radical (unpaired) electrons. The summed E-state index contributed by atoms with van der Waals surface area (Å²) in [6.07, 6.45) is 0. The van der Waals surface area contributed by atoms with Gasteiger partial charge in [0.15, 0.2) is 15.0 Å². The van der Waals surface area contributed by atoms with Crippen molar-refractivity contribution in [1.82, 2.24) is 0 Å². The summed E-state index contributed by atoms with van der Waals surface area (Å²) in [5, 5.41) is 1.59. The van der Waals surface area contributed by atoms with E-state index in [1.54, 1.807) is 11.8 Å². The van der Waals surface area contributed by atoms with Crippen LogP contribution in [0.4, 0.5) is 5.69 Å². The van der Waals surface area contributed by atoms with Crippen LogP contribution in [0.25, 0.3) is 0 Å². The van der Waals surface area contributed by atoms with E-state index in [4.69, 9.17) is 11.6 Å². The van der Waals surface area contributed by atoms with Crippen molar-refractivity contribution < 1.29 is 8.42 Å². The van der Waals surface area contributed by atoms with Crippen LogP contribution >= 0.6 is 23.4 Å². The largest absolute Gasteiger partial charge is 0.315 e. The molecule has 1 aromatic rings. The van der Waals surface area contributed by atoms with E-state index < -0.39 is 9.84 Å². The molecule has 108 valence electrons. The van der Waals surface area contributed by atoms with E-state index in [-0.39, 0.29) is 23.6 Å². The predicted octanol–water partition coefficient (Wildman–Crippen LogP) is 2.43. The third kappa shape index (κ3) is 2.56. The number of sulfone groups is 1. The number of benzene rings is 1. The Kier molecular flexibility index (Phi) is 3.73. The van der Waals surface area contributed by atoms with Gasteiger partial charge in [-0.1, -0.05) is 30.3 Å². The van der Waals surface area contributed by atoms with Crippen molar-refractivity contribution in [3.63, 3.8) is 0 Å². The average Bonchev–Trinajstić information content (AvgIpc) is 2.82. The lowest BCUT2D eigenvalue weighted by Gasteiger charge is -2.26. The van der Waals surface area contributed by atoms with E-state index in [1.165, 1.54) is 0 Å². The van der Waals surface area contributed by atoms with Crippen molar-refractivity contribution in [2.45, 2.75) is 19.0 Å². The van der Waals surface area contributed by atoms with Crippen LogP contribution in [-0.4, -0.2) is 42.9 Å². The van der Waals surface area contributed by atoms with Gasteiger partial charge in [0.2, 0.25) is 0 Å². The van der Waals surface area contributed by atoms with Crippen molar-refractivity contribution in [2.24, 2.45) is 4.99 Å². The maximum absolute atomic E-state index is 11.8. The first-order valence-electron chi connectivity index (χ1n) is 6.46. The van der Waals surface area contributed by atoms with Crippen molar-refractivity contribution >= 4 is 44.1 Å². The summed E-state index contributed by atoms with van der Waals surface area (Å²) in [5.74, 6) is 1.25. The minimum Gasteiger partial charge on any atom is -0.315 e. The van der Waals surface area contributed by atoms with Gasteiger partial charge in [0.05, 0.1) is 23.6 Å². The zero-order chi connectivity index (χ0) is 14.3. The molecule has 1 saturated heterocycles. The molecule has 1 aromatic carbocycles. The second-order valence-corrected chi connectivity index (χ2v) is 8.72. The van der Waals surface area contributed by atoms with Gasteiger partial charge in [0, 0.05) is 10.7 Å². The highest BCUT2D eigenvalue weighted by molar-refractivity contribution is 8.14. The van der Waals surface area contributed by atoms with Crippen LogP contribution in [0.15, 0.2) is 29.3 Å². The fourth-order valence-electron chi connectivity index (χ4n) is 2.67. The molecule has 2 aliphatic rings. The Balaban J connectivity index is 1.97. The maximum Gasteiger partial charge on any atom is 0.164 e. The molecule has 2 atom stereocenters. The van der Waals surface area contributed by atoms with Gasteiger partial charge in [0.25, 0.3) is 0 Å². The molecule has 4 nitrogen and oxygen atoms in total. The van der Waals surface area contributed by atoms with Crippen LogP contribution < -0.4 is 4.90 Å². The summed E-state index contributed by atoms with van der Waals surface area (Å²) in [6, 6.07) is 7.27. The molecule has 0 aliphatic carbocycles. The fourth-order valence-corrected chi connectivity index (χ4v) is 5.48. The molecular formula is C13H15ClN2O2S2. The van der Waals surface area contributed by atoms with Crippen LogP contribution in [0, 0.1) is 0 Å². The van der Waals surface area contributed by atoms with E-state index in [0.29, 0.717) is 5.02 Å². The molecule has 7 heteroatoms. The number of thioether (sulfide) groups is 1. The average molecular weight is 331 g/mol. The Morgan fingerprint density at radius 3 is 2.70 bits per heavy atom. The molecule has 0 aromatic heterocycles. The number of aliphatic imine (C=N–C) groups is 1. The van der Waals surface area contributed by atoms with Crippen molar-refractivity contribution in [1.29, 1.82) is 0 Å². The number of rotatable bonds is 2. The third-order valence-electron chi connectivity index (χ3n) is 3.49. The minimum absolute atomic E-state index is 0.0739. The SMILES string of the molecule is CCSC1=N[C@@H]2CS(=O)(=O)C[C@H]2N1c1ccc(Cl)cc1. The van der Waals surface area contributed by atoms with Gasteiger partial charge in [-0.05, 0) is 30.0 Å². The molecular weight excluding hydrogens is 316 g/mol. The Hall–Kier alpha value is -0.720. The first-order valence-corrected chi connectivity index (χ1v) is 9.64. The van der Waals surface area contributed by atoms with E-state index in [1.807, 2.05) is 24.3 Å². The molecule has 0 bridgehead atoms. The predicted molar refractivity (Wildman–Crippen MR) is 85.7 cm³/mol. The monoisotopic (exact) mass is 330 g/mol. The molecule has 2 aliphatic heterocycles. The third-order valence-corrected chi connectivity index (χ3v) is 6.29. The minimum atomic E-state index is -2.98. The Labute approximate surface area is 128 Å². The highest BCUT2D eigenvalue weighted by Crippen LogP contribution is 2.35. The quantitative estimate of drug-likeness (QED) is 0.835. The number of fused-ring (bicyclic) bond motifs is 1. The van der Waals surface area contributed by atoms with Gasteiger partial charge < -0.3 is 4.90 Å². The lowest BCUT2D eigenvalue weighted by molar-refractivity contribution is 0.601. The van der Waals surface area contributed by atoms with Gasteiger partial charge >= 0.3 is 0 Å². The van der Waals surface area contributed by atoms with E-state index in [2.05, 4.69) is 16.8 Å². The summed E-state index contributed by atoms with van der Waals surface area (Å²) in [7, 11) is -2.98. The van der Waals surface area contributed by atoms with E-state index >= 15 is 0 Å². The summed E-state index contributed by atoms with van der Waals surface area (Å²) in [5.41, 5.74) is 0.957. The summed E-state index contributed by atoms with van der Waals surface area (Å²) in [6.45, 7) is 2.07. The Morgan fingerprint density at radius 1 is 1.35 bits per heavy atom. The zero-order valence-corrected chi connectivity index (χ0v) is 13.4. The number of hydrogen-bond acceptors (Lipinski definition) is 5. The molecule has 0 unspecified atom stereocenters. The molecule has 0 amide bonds. The van der Waals surface area contributed by atoms with Crippen LogP contribution in [0.2, 0.25) is 5.02 Å². The molecule has 0 spiro atoms. The van der Waals surface area contributed by atoms with Gasteiger partial charge in [-0.15, -0.1) is 0 Å². The number of nitrogens with zero attached hydrogens (tertiary/aromatic N) is 2. The Bertz CT molecular complexity index is 643. The molecule has 0 N–H and O–H groups in total. The summed E-state index contributed by atoms with van der Waals surface area (Å²) >= 11 is 7.57. The van der Waals surface area contributed by atoms with Crippen LogP contribution in [-0.2, 0) is 9.84 Å². The van der Waals surface area contributed by atoms with E-state index in [9.17, 15) is 8.42 Å². The number of amidine groups is 1. The molecule has 0 saturated carbocycles. The highest BCUT2D eigenvalue weighted by atomic mass is 35.5. The standard InChI is InChI=1S/C13H15ClN2O2S2/c1-2-19-13-15-11-7-20(17,18)8-12(11)16(13)10-5-3-9(14)4-6-10/h3-6,11-12H,2,7-8H2,1H3/t11-,12-/m1/s1. The van der Waals surface area contributed by atoms with Crippen molar-refractivity contribution in [3.8, 4) is 0 Å². The van der Waals surface area contributed by atoms with Gasteiger partial charge in [-0.25, -0.2) is 8.42 Å². The van der Waals surface area contributed by atoms with Crippen LogP contribution in [0.1, 0.15) is 6.92 Å². The first kappa shape index (κ1) is 14.2. The lowest BCUT2D eigenvalue weighted by Crippen LogP contribution is -2.39. The number of anilines is 1. The first-order chi connectivity index (χ1) is 9.50. The van der Waals surface area contributed by atoms with Gasteiger partial charge in [0.1, 0.15) is 0 Å². The second kappa shape index (κ2) is 5.24. The van der Waals surface area contributed by atoms with Gasteiger partial charge in [-0.2, -0.15) is 0 Å². The second-order valence-electron chi connectivity index (χ2n) is 4.90. The summed E-state index contributed by atoms with van der Waals surface area (Å²) < 4.78 is 23.6.